The van der Waals surface area contributed by atoms with Gasteiger partial charge < -0.3 is 15.3 Å². The number of aryl methyl sites for hydroxylation is 1. The van der Waals surface area contributed by atoms with Crippen LogP contribution in [0.25, 0.3) is 11.0 Å². The standard InChI is InChI=1S/C25H30BrN7O3/c1-14-12-31(13-15(2)32(14)25(35)36)18-8-9-20(27-10-18)29-24-28-11-19-16(3)21(26)23(34)33(22(19)30-24)17-6-4-5-7-17/h8-11,14-15,17H,4-7,12-13H2,1-3H3,(H,35,36)(H,27,28,29,30). The molecule has 2 unspecified atom stereocenters. The van der Waals surface area contributed by atoms with Crippen LogP contribution in [0.3, 0.4) is 0 Å². The Morgan fingerprint density at radius 1 is 1.11 bits per heavy atom. The lowest BCUT2D eigenvalue weighted by Gasteiger charge is -2.43. The highest BCUT2D eigenvalue weighted by Crippen LogP contribution is 2.33. The SMILES string of the molecule is Cc1c(Br)c(=O)n(C2CCCC2)c2nc(Nc3ccc(N4CC(C)N(C(=O)O)C(C)C4)cn3)ncc12. The summed E-state index contributed by atoms with van der Waals surface area (Å²) < 4.78 is 2.39. The molecule has 3 aromatic heterocycles. The van der Waals surface area contributed by atoms with Gasteiger partial charge in [0.05, 0.1) is 28.4 Å². The Kier molecular flexibility index (Phi) is 6.59. The first-order valence-corrected chi connectivity index (χ1v) is 13.1. The number of hydrogen-bond acceptors (Lipinski definition) is 7. The summed E-state index contributed by atoms with van der Waals surface area (Å²) in [5, 5.41) is 13.5. The minimum absolute atomic E-state index is 0.0505. The van der Waals surface area contributed by atoms with Crippen LogP contribution in [-0.4, -0.2) is 60.8 Å². The molecule has 1 saturated heterocycles. The largest absolute Gasteiger partial charge is 0.465 e. The Morgan fingerprint density at radius 2 is 1.81 bits per heavy atom. The predicted molar refractivity (Wildman–Crippen MR) is 142 cm³/mol. The first-order valence-electron chi connectivity index (χ1n) is 12.3. The minimum Gasteiger partial charge on any atom is -0.465 e. The zero-order valence-electron chi connectivity index (χ0n) is 20.6. The van der Waals surface area contributed by atoms with E-state index in [-0.39, 0.29) is 23.7 Å². The second-order valence-corrected chi connectivity index (χ2v) is 10.6. The Bertz CT molecular complexity index is 1340. The Morgan fingerprint density at radius 3 is 2.42 bits per heavy atom. The van der Waals surface area contributed by atoms with Crippen molar-refractivity contribution >= 4 is 50.5 Å². The molecule has 1 amide bonds. The highest BCUT2D eigenvalue weighted by atomic mass is 79.9. The maximum atomic E-state index is 13.1. The lowest BCUT2D eigenvalue weighted by Crippen LogP contribution is -2.58. The van der Waals surface area contributed by atoms with E-state index in [0.29, 0.717) is 35.0 Å². The van der Waals surface area contributed by atoms with Crippen LogP contribution >= 0.6 is 15.9 Å². The van der Waals surface area contributed by atoms with Gasteiger partial charge in [-0.25, -0.2) is 14.8 Å². The minimum atomic E-state index is -0.886. The van der Waals surface area contributed by atoms with Crippen LogP contribution in [-0.2, 0) is 0 Å². The first kappa shape index (κ1) is 24.5. The predicted octanol–water partition coefficient (Wildman–Crippen LogP) is 4.69. The van der Waals surface area contributed by atoms with Crippen LogP contribution in [0, 0.1) is 6.92 Å². The van der Waals surface area contributed by atoms with Gasteiger partial charge in [0.25, 0.3) is 5.56 Å². The summed E-state index contributed by atoms with van der Waals surface area (Å²) in [6.45, 7) is 6.95. The van der Waals surface area contributed by atoms with E-state index in [0.717, 1.165) is 42.3 Å². The molecule has 2 fully saturated rings. The van der Waals surface area contributed by atoms with Crippen LogP contribution in [0.4, 0.5) is 22.2 Å². The number of nitrogens with one attached hydrogen (secondary N) is 1. The van der Waals surface area contributed by atoms with Crippen LogP contribution in [0.2, 0.25) is 0 Å². The summed E-state index contributed by atoms with van der Waals surface area (Å²) in [5.41, 5.74) is 2.36. The molecule has 2 N–H and O–H groups in total. The van der Waals surface area contributed by atoms with Crippen LogP contribution in [0.1, 0.15) is 51.1 Å². The molecule has 0 spiro atoms. The van der Waals surface area contributed by atoms with Crippen molar-refractivity contribution in [2.24, 2.45) is 0 Å². The highest BCUT2D eigenvalue weighted by molar-refractivity contribution is 9.10. The van der Waals surface area contributed by atoms with Crippen molar-refractivity contribution in [3.05, 3.63) is 44.9 Å². The number of pyridine rings is 2. The van der Waals surface area contributed by atoms with E-state index < -0.39 is 6.09 Å². The van der Waals surface area contributed by atoms with E-state index in [9.17, 15) is 14.7 Å². The van der Waals surface area contributed by atoms with Crippen molar-refractivity contribution in [2.45, 2.75) is 64.6 Å². The Balaban J connectivity index is 1.40. The van der Waals surface area contributed by atoms with E-state index in [1.165, 1.54) is 4.90 Å². The monoisotopic (exact) mass is 555 g/mol. The van der Waals surface area contributed by atoms with E-state index in [1.807, 2.05) is 37.5 Å². The van der Waals surface area contributed by atoms with Gasteiger partial charge in [0.15, 0.2) is 0 Å². The molecule has 2 atom stereocenters. The summed E-state index contributed by atoms with van der Waals surface area (Å²) in [6.07, 6.45) is 6.81. The second kappa shape index (κ2) is 9.68. The molecule has 36 heavy (non-hydrogen) atoms. The fourth-order valence-electron chi connectivity index (χ4n) is 5.54. The summed E-state index contributed by atoms with van der Waals surface area (Å²) in [5.74, 6) is 0.972. The molecule has 190 valence electrons. The molecular weight excluding hydrogens is 526 g/mol. The smallest absolute Gasteiger partial charge is 0.407 e. The number of rotatable bonds is 4. The first-order chi connectivity index (χ1) is 17.2. The molecule has 11 heteroatoms. The molecule has 1 aliphatic carbocycles. The molecular formula is C25H30BrN7O3. The van der Waals surface area contributed by atoms with Gasteiger partial charge in [-0.2, -0.15) is 4.98 Å². The van der Waals surface area contributed by atoms with Gasteiger partial charge in [-0.05, 0) is 67.2 Å². The quantitative estimate of drug-likeness (QED) is 0.476. The molecule has 5 rings (SSSR count). The molecule has 2 aliphatic rings. The molecule has 0 radical (unpaired) electrons. The number of aromatic nitrogens is 4. The number of nitrogens with zero attached hydrogens (tertiary/aromatic N) is 6. The zero-order valence-corrected chi connectivity index (χ0v) is 22.2. The van der Waals surface area contributed by atoms with Crippen molar-refractivity contribution in [1.82, 2.24) is 24.4 Å². The molecule has 10 nitrogen and oxygen atoms in total. The number of amides is 1. The maximum absolute atomic E-state index is 13.1. The van der Waals surface area contributed by atoms with Crippen molar-refractivity contribution in [2.75, 3.05) is 23.3 Å². The van der Waals surface area contributed by atoms with E-state index in [1.54, 1.807) is 12.4 Å². The van der Waals surface area contributed by atoms with Crippen molar-refractivity contribution in [3.8, 4) is 0 Å². The van der Waals surface area contributed by atoms with Crippen molar-refractivity contribution < 1.29 is 9.90 Å². The number of carbonyl (C=O) groups is 1. The molecule has 4 heterocycles. The third-order valence-corrected chi connectivity index (χ3v) is 8.25. The van der Waals surface area contributed by atoms with Crippen LogP contribution in [0.5, 0.6) is 0 Å². The number of halogens is 1. The average molecular weight is 556 g/mol. The average Bonchev–Trinajstić information content (AvgIpc) is 3.37. The topological polar surface area (TPSA) is 116 Å². The number of piperazine rings is 1. The Labute approximate surface area is 217 Å². The van der Waals surface area contributed by atoms with Gasteiger partial charge in [0.2, 0.25) is 5.95 Å². The summed E-state index contributed by atoms with van der Waals surface area (Å²) >= 11 is 3.48. The molecule has 0 aromatic carbocycles. The van der Waals surface area contributed by atoms with Crippen LogP contribution in [0.15, 0.2) is 33.8 Å². The lowest BCUT2D eigenvalue weighted by atomic mass is 10.1. The van der Waals surface area contributed by atoms with E-state index in [4.69, 9.17) is 4.98 Å². The summed E-state index contributed by atoms with van der Waals surface area (Å²) in [7, 11) is 0. The van der Waals surface area contributed by atoms with E-state index in [2.05, 4.69) is 36.1 Å². The van der Waals surface area contributed by atoms with Gasteiger partial charge in [-0.15, -0.1) is 0 Å². The van der Waals surface area contributed by atoms with Crippen LogP contribution < -0.4 is 15.8 Å². The number of carboxylic acid groups (broad SMARTS) is 1. The van der Waals surface area contributed by atoms with Gasteiger partial charge in [0.1, 0.15) is 11.5 Å². The third kappa shape index (κ3) is 4.40. The maximum Gasteiger partial charge on any atom is 0.407 e. The lowest BCUT2D eigenvalue weighted by molar-refractivity contribution is 0.0982. The molecule has 1 saturated carbocycles. The van der Waals surface area contributed by atoms with Gasteiger partial charge in [-0.3, -0.25) is 14.3 Å². The van der Waals surface area contributed by atoms with Crippen molar-refractivity contribution in [1.29, 1.82) is 0 Å². The number of fused-ring (bicyclic) bond motifs is 1. The van der Waals surface area contributed by atoms with Gasteiger partial charge in [0, 0.05) is 30.7 Å². The molecule has 3 aromatic rings. The summed E-state index contributed by atoms with van der Waals surface area (Å²) in [4.78, 5) is 42.1. The molecule has 0 bridgehead atoms. The fourth-order valence-corrected chi connectivity index (χ4v) is 5.94. The third-order valence-electron chi connectivity index (χ3n) is 7.32. The molecule has 1 aliphatic heterocycles. The second-order valence-electron chi connectivity index (χ2n) is 9.80. The normalized spacial score (nSPS) is 20.8. The van der Waals surface area contributed by atoms with Gasteiger partial charge in [-0.1, -0.05) is 12.8 Å². The van der Waals surface area contributed by atoms with Crippen molar-refractivity contribution in [3.63, 3.8) is 0 Å². The zero-order chi connectivity index (χ0) is 25.6. The van der Waals surface area contributed by atoms with Gasteiger partial charge >= 0.3 is 6.09 Å². The number of hydrogen-bond donors (Lipinski definition) is 2. The number of anilines is 3. The highest BCUT2D eigenvalue weighted by Gasteiger charge is 2.33. The summed E-state index contributed by atoms with van der Waals surface area (Å²) in [6, 6.07) is 3.73. The Hall–Kier alpha value is -3.21. The van der Waals surface area contributed by atoms with E-state index >= 15 is 0 Å². The fraction of sp³-hybridized carbons (Fsp3) is 0.480.